The normalized spacial score (nSPS) is 11.3. The average molecular weight is 391 g/mol. The number of carboxylic acid groups (broad SMARTS) is 2. The molecule has 2 aromatic rings. The number of methoxy groups -OCH3 is 1. The fourth-order valence-corrected chi connectivity index (χ4v) is 3.40. The quantitative estimate of drug-likeness (QED) is 0.626. The lowest BCUT2D eigenvalue weighted by atomic mass is 10.2. The second-order valence-corrected chi connectivity index (χ2v) is 6.84. The van der Waals surface area contributed by atoms with Crippen LogP contribution in [0, 0.1) is 0 Å². The van der Waals surface area contributed by atoms with Gasteiger partial charge in [0.15, 0.2) is 0 Å². The molecule has 2 aromatic carbocycles. The van der Waals surface area contributed by atoms with E-state index >= 15 is 0 Å². The number of carbonyl (C=O) groups is 2. The number of anilines is 1. The van der Waals surface area contributed by atoms with E-state index in [0.717, 1.165) is 30.4 Å². The molecule has 0 spiro atoms. The van der Waals surface area contributed by atoms with Crippen LogP contribution in [0.5, 0.6) is 11.5 Å². The predicted octanol–water partition coefficient (Wildman–Crippen LogP) is 0.0309. The van der Waals surface area contributed by atoms with Crippen LogP contribution in [0.25, 0.3) is 6.08 Å². The SMILES string of the molecule is COc1ccc(/C=C/C(=O)[O-])cc1S(=O)(=O)Nc1ccc(C(=O)O)c([O-])c1. The van der Waals surface area contributed by atoms with Crippen LogP contribution in [0.3, 0.4) is 0 Å². The van der Waals surface area contributed by atoms with Gasteiger partial charge in [-0.3, -0.25) is 4.72 Å². The molecule has 0 heterocycles. The molecule has 0 fully saturated rings. The largest absolute Gasteiger partial charge is 0.872 e. The van der Waals surface area contributed by atoms with Crippen molar-refractivity contribution in [3.8, 4) is 11.5 Å². The summed E-state index contributed by atoms with van der Waals surface area (Å²) in [6.07, 6.45) is 1.88. The Bertz CT molecular complexity index is 1030. The molecule has 0 atom stereocenters. The van der Waals surface area contributed by atoms with E-state index in [1.807, 2.05) is 0 Å². The summed E-state index contributed by atoms with van der Waals surface area (Å²) in [7, 11) is -2.97. The number of carbonyl (C=O) groups excluding carboxylic acids is 1. The van der Waals surface area contributed by atoms with Gasteiger partial charge in [0, 0.05) is 5.69 Å². The van der Waals surface area contributed by atoms with Crippen LogP contribution in [0.2, 0.25) is 0 Å². The van der Waals surface area contributed by atoms with Gasteiger partial charge in [-0.2, -0.15) is 0 Å². The topological polar surface area (TPSA) is 156 Å². The third-order valence-electron chi connectivity index (χ3n) is 3.35. The zero-order valence-electron chi connectivity index (χ0n) is 13.8. The van der Waals surface area contributed by atoms with Crippen molar-refractivity contribution in [3.63, 3.8) is 0 Å². The Hall–Kier alpha value is -3.53. The summed E-state index contributed by atoms with van der Waals surface area (Å²) in [6, 6.07) is 6.90. The first kappa shape index (κ1) is 19.8. The summed E-state index contributed by atoms with van der Waals surface area (Å²) in [6.45, 7) is 0. The van der Waals surface area contributed by atoms with Gasteiger partial charge in [0.05, 0.1) is 18.6 Å². The Morgan fingerprint density at radius 3 is 2.44 bits per heavy atom. The smallest absolute Gasteiger partial charge is 0.335 e. The van der Waals surface area contributed by atoms with Gasteiger partial charge in [-0.05, 0) is 42.0 Å². The number of hydrogen-bond donors (Lipinski definition) is 2. The molecule has 10 heteroatoms. The third kappa shape index (κ3) is 4.76. The predicted molar refractivity (Wildman–Crippen MR) is 90.7 cm³/mol. The second-order valence-electron chi connectivity index (χ2n) is 5.18. The molecular weight excluding hydrogens is 378 g/mol. The second kappa shape index (κ2) is 7.79. The Labute approximate surface area is 154 Å². The molecule has 0 radical (unpaired) electrons. The first-order valence-electron chi connectivity index (χ1n) is 7.28. The molecule has 0 aliphatic rings. The standard InChI is InChI=1S/C17H15NO8S/c1-26-14-6-2-10(3-7-16(20)21)8-15(14)27(24,25)18-11-4-5-12(17(22)23)13(19)9-11/h2-9,18-19H,1H3,(H,20,21)(H,22,23)/p-2/b7-3+. The van der Waals surface area contributed by atoms with E-state index in [9.17, 15) is 28.2 Å². The number of carboxylic acids is 2. The number of aliphatic carboxylic acids is 1. The van der Waals surface area contributed by atoms with E-state index in [2.05, 4.69) is 4.72 Å². The molecule has 27 heavy (non-hydrogen) atoms. The van der Waals surface area contributed by atoms with Gasteiger partial charge in [0.25, 0.3) is 10.0 Å². The van der Waals surface area contributed by atoms with E-state index in [0.29, 0.717) is 0 Å². The Kier molecular flexibility index (Phi) is 5.71. The molecular formula is C17H13NO8S-2. The van der Waals surface area contributed by atoms with E-state index < -0.39 is 33.3 Å². The third-order valence-corrected chi connectivity index (χ3v) is 4.76. The molecule has 142 valence electrons. The number of benzene rings is 2. The summed E-state index contributed by atoms with van der Waals surface area (Å²) >= 11 is 0. The van der Waals surface area contributed by atoms with Crippen LogP contribution in [0.1, 0.15) is 15.9 Å². The minimum Gasteiger partial charge on any atom is -0.872 e. The first-order chi connectivity index (χ1) is 12.6. The van der Waals surface area contributed by atoms with Crippen molar-refractivity contribution in [3.05, 3.63) is 53.6 Å². The van der Waals surface area contributed by atoms with Crippen molar-refractivity contribution in [2.24, 2.45) is 0 Å². The maximum absolute atomic E-state index is 12.6. The molecule has 0 saturated heterocycles. The van der Waals surface area contributed by atoms with Gasteiger partial charge >= 0.3 is 5.97 Å². The number of hydrogen-bond acceptors (Lipinski definition) is 7. The van der Waals surface area contributed by atoms with Crippen LogP contribution in [0.4, 0.5) is 5.69 Å². The van der Waals surface area contributed by atoms with Crippen molar-refractivity contribution in [1.82, 2.24) is 0 Å². The van der Waals surface area contributed by atoms with Crippen molar-refractivity contribution in [2.75, 3.05) is 11.8 Å². The molecule has 9 nitrogen and oxygen atoms in total. The van der Waals surface area contributed by atoms with Gasteiger partial charge in [-0.1, -0.05) is 17.9 Å². The Morgan fingerprint density at radius 2 is 1.89 bits per heavy atom. The van der Waals surface area contributed by atoms with Gasteiger partial charge in [0.1, 0.15) is 10.6 Å². The molecule has 0 saturated carbocycles. The summed E-state index contributed by atoms with van der Waals surface area (Å²) in [5.74, 6) is -3.75. The van der Waals surface area contributed by atoms with E-state index in [4.69, 9.17) is 9.84 Å². The van der Waals surface area contributed by atoms with Gasteiger partial charge in [0.2, 0.25) is 0 Å². The fraction of sp³-hybridized carbons (Fsp3) is 0.0588. The zero-order chi connectivity index (χ0) is 20.2. The van der Waals surface area contributed by atoms with E-state index in [-0.39, 0.29) is 21.9 Å². The summed E-state index contributed by atoms with van der Waals surface area (Å²) in [4.78, 5) is 21.1. The monoisotopic (exact) mass is 391 g/mol. The lowest BCUT2D eigenvalue weighted by Crippen LogP contribution is -2.18. The van der Waals surface area contributed by atoms with Crippen molar-refractivity contribution < 1.29 is 38.1 Å². The maximum Gasteiger partial charge on any atom is 0.335 e. The molecule has 2 rings (SSSR count). The Balaban J connectivity index is 2.43. The van der Waals surface area contributed by atoms with Crippen molar-refractivity contribution >= 4 is 33.7 Å². The number of ether oxygens (including phenoxy) is 1. The lowest BCUT2D eigenvalue weighted by molar-refractivity contribution is -0.297. The summed E-state index contributed by atoms with van der Waals surface area (Å²) in [5, 5.41) is 31.1. The number of sulfonamides is 1. The minimum atomic E-state index is -4.23. The van der Waals surface area contributed by atoms with Crippen molar-refractivity contribution in [1.29, 1.82) is 0 Å². The molecule has 0 unspecified atom stereocenters. The van der Waals surface area contributed by atoms with Crippen LogP contribution in [0.15, 0.2) is 47.4 Å². The highest BCUT2D eigenvalue weighted by atomic mass is 32.2. The van der Waals surface area contributed by atoms with E-state index in [1.165, 1.54) is 25.3 Å². The van der Waals surface area contributed by atoms with Crippen LogP contribution in [-0.4, -0.2) is 32.6 Å². The highest BCUT2D eigenvalue weighted by Crippen LogP contribution is 2.28. The molecule has 0 aliphatic heterocycles. The van der Waals surface area contributed by atoms with Gasteiger partial charge in [-0.15, -0.1) is 0 Å². The summed E-state index contributed by atoms with van der Waals surface area (Å²) in [5.41, 5.74) is -0.376. The number of nitrogens with one attached hydrogen (secondary N) is 1. The van der Waals surface area contributed by atoms with Crippen molar-refractivity contribution in [2.45, 2.75) is 4.90 Å². The Morgan fingerprint density at radius 1 is 1.19 bits per heavy atom. The molecule has 0 bridgehead atoms. The average Bonchev–Trinajstić information content (AvgIpc) is 2.59. The van der Waals surface area contributed by atoms with Gasteiger partial charge < -0.3 is 24.9 Å². The molecule has 0 amide bonds. The number of aromatic carboxylic acids is 1. The highest BCUT2D eigenvalue weighted by Gasteiger charge is 2.20. The molecule has 0 aliphatic carbocycles. The minimum absolute atomic E-state index is 0.0161. The number of rotatable bonds is 7. The summed E-state index contributed by atoms with van der Waals surface area (Å²) < 4.78 is 32.4. The first-order valence-corrected chi connectivity index (χ1v) is 8.76. The fourth-order valence-electron chi connectivity index (χ4n) is 2.14. The highest BCUT2D eigenvalue weighted by molar-refractivity contribution is 7.92. The maximum atomic E-state index is 12.6. The molecule has 2 N–H and O–H groups in total. The van der Waals surface area contributed by atoms with Gasteiger partial charge in [-0.25, -0.2) is 13.2 Å². The lowest BCUT2D eigenvalue weighted by Gasteiger charge is -2.15. The van der Waals surface area contributed by atoms with Crippen LogP contribution >= 0.6 is 0 Å². The van der Waals surface area contributed by atoms with Crippen LogP contribution < -0.4 is 19.7 Å². The van der Waals surface area contributed by atoms with E-state index in [1.54, 1.807) is 0 Å². The zero-order valence-corrected chi connectivity index (χ0v) is 14.6. The molecule has 0 aromatic heterocycles. The van der Waals surface area contributed by atoms with Crippen LogP contribution in [-0.2, 0) is 14.8 Å².